The molecule has 2 aliphatic carbocycles. The zero-order valence-corrected chi connectivity index (χ0v) is 13.0. The Balaban J connectivity index is 2.00. The summed E-state index contributed by atoms with van der Waals surface area (Å²) in [5.41, 5.74) is 6.48. The first kappa shape index (κ1) is 15.3. The van der Waals surface area contributed by atoms with Crippen molar-refractivity contribution < 1.29 is 4.74 Å². The number of hydrogen-bond donors (Lipinski definition) is 1. The van der Waals surface area contributed by atoms with Crippen molar-refractivity contribution in [2.75, 3.05) is 26.8 Å². The Hall–Kier alpha value is -0.120. The lowest BCUT2D eigenvalue weighted by Crippen LogP contribution is -2.57. The van der Waals surface area contributed by atoms with E-state index in [1.54, 1.807) is 7.11 Å². The monoisotopic (exact) mass is 268 g/mol. The Morgan fingerprint density at radius 3 is 2.26 bits per heavy atom. The predicted molar refractivity (Wildman–Crippen MR) is 80.2 cm³/mol. The molecular formula is C16H32N2O. The molecular weight excluding hydrogens is 236 g/mol. The van der Waals surface area contributed by atoms with Crippen molar-refractivity contribution in [2.45, 2.75) is 64.0 Å². The van der Waals surface area contributed by atoms with E-state index >= 15 is 0 Å². The molecule has 0 aliphatic heterocycles. The molecule has 0 saturated heterocycles. The summed E-state index contributed by atoms with van der Waals surface area (Å²) in [6.45, 7) is 7.45. The third kappa shape index (κ3) is 3.50. The van der Waals surface area contributed by atoms with E-state index in [0.29, 0.717) is 0 Å². The summed E-state index contributed by atoms with van der Waals surface area (Å²) >= 11 is 0. The van der Waals surface area contributed by atoms with E-state index in [1.807, 2.05) is 0 Å². The van der Waals surface area contributed by atoms with Gasteiger partial charge in [-0.3, -0.25) is 4.90 Å². The van der Waals surface area contributed by atoms with Crippen LogP contribution in [0.2, 0.25) is 0 Å². The highest BCUT2D eigenvalue weighted by Crippen LogP contribution is 2.43. The van der Waals surface area contributed by atoms with Crippen LogP contribution >= 0.6 is 0 Å². The van der Waals surface area contributed by atoms with Gasteiger partial charge in [-0.2, -0.15) is 0 Å². The Labute approximate surface area is 118 Å². The second-order valence-corrected chi connectivity index (χ2v) is 6.93. The zero-order chi connectivity index (χ0) is 13.9. The molecule has 0 atom stereocenters. The van der Waals surface area contributed by atoms with Crippen molar-refractivity contribution in [1.29, 1.82) is 0 Å². The molecule has 3 nitrogen and oxygen atoms in total. The highest BCUT2D eigenvalue weighted by atomic mass is 16.5. The molecule has 0 aromatic carbocycles. The molecule has 0 radical (unpaired) electrons. The maximum absolute atomic E-state index is 6.22. The largest absolute Gasteiger partial charge is 0.383 e. The van der Waals surface area contributed by atoms with Crippen molar-refractivity contribution in [3.05, 3.63) is 0 Å². The minimum atomic E-state index is 0.269. The quantitative estimate of drug-likeness (QED) is 0.771. The van der Waals surface area contributed by atoms with Crippen LogP contribution in [0, 0.1) is 11.8 Å². The van der Waals surface area contributed by atoms with Crippen LogP contribution in [-0.4, -0.2) is 43.3 Å². The van der Waals surface area contributed by atoms with Crippen molar-refractivity contribution in [3.63, 3.8) is 0 Å². The van der Waals surface area contributed by atoms with Crippen LogP contribution in [0.25, 0.3) is 0 Å². The molecule has 3 heteroatoms. The molecule has 2 N–H and O–H groups in total. The maximum Gasteiger partial charge on any atom is 0.0590 e. The second kappa shape index (κ2) is 6.55. The van der Waals surface area contributed by atoms with Crippen molar-refractivity contribution in [1.82, 2.24) is 4.90 Å². The first-order chi connectivity index (χ1) is 9.13. The van der Waals surface area contributed by atoms with Gasteiger partial charge in [-0.05, 0) is 50.4 Å². The van der Waals surface area contributed by atoms with Gasteiger partial charge in [0, 0.05) is 31.8 Å². The summed E-state index contributed by atoms with van der Waals surface area (Å²) in [6, 6.07) is 0.786. The summed E-state index contributed by atoms with van der Waals surface area (Å²) in [5.74, 6) is 1.73. The van der Waals surface area contributed by atoms with E-state index in [0.717, 1.165) is 37.6 Å². The van der Waals surface area contributed by atoms with Gasteiger partial charge < -0.3 is 10.5 Å². The fraction of sp³-hybridized carbons (Fsp3) is 1.00. The standard InChI is InChI=1S/C16H32N2O/c1-13(2)14-6-8-16(12-17,9-7-14)18(10-11-19-3)15-4-5-15/h13-15H,4-12,17H2,1-3H3. The van der Waals surface area contributed by atoms with Crippen LogP contribution in [0.15, 0.2) is 0 Å². The number of rotatable bonds is 7. The van der Waals surface area contributed by atoms with Crippen LogP contribution in [0.1, 0.15) is 52.4 Å². The molecule has 0 aromatic rings. The number of hydrogen-bond acceptors (Lipinski definition) is 3. The van der Waals surface area contributed by atoms with Crippen LogP contribution in [-0.2, 0) is 4.74 Å². The van der Waals surface area contributed by atoms with Crippen LogP contribution < -0.4 is 5.73 Å². The topological polar surface area (TPSA) is 38.5 Å². The van der Waals surface area contributed by atoms with Gasteiger partial charge in [-0.25, -0.2) is 0 Å². The zero-order valence-electron chi connectivity index (χ0n) is 13.0. The van der Waals surface area contributed by atoms with E-state index in [9.17, 15) is 0 Å². The molecule has 0 heterocycles. The fourth-order valence-electron chi connectivity index (χ4n) is 3.84. The molecule has 2 fully saturated rings. The van der Waals surface area contributed by atoms with Gasteiger partial charge in [0.25, 0.3) is 0 Å². The van der Waals surface area contributed by atoms with Crippen LogP contribution in [0.4, 0.5) is 0 Å². The molecule has 2 rings (SSSR count). The summed E-state index contributed by atoms with van der Waals surface area (Å²) in [6.07, 6.45) is 7.99. The lowest BCUT2D eigenvalue weighted by molar-refractivity contribution is 0.0107. The molecule has 0 amide bonds. The van der Waals surface area contributed by atoms with Crippen LogP contribution in [0.3, 0.4) is 0 Å². The van der Waals surface area contributed by atoms with Gasteiger partial charge in [-0.1, -0.05) is 13.8 Å². The first-order valence-corrected chi connectivity index (χ1v) is 8.08. The van der Waals surface area contributed by atoms with Gasteiger partial charge in [0.05, 0.1) is 6.61 Å². The normalized spacial score (nSPS) is 32.2. The second-order valence-electron chi connectivity index (χ2n) is 6.93. The minimum absolute atomic E-state index is 0.269. The average molecular weight is 268 g/mol. The predicted octanol–water partition coefficient (Wildman–Crippen LogP) is 2.64. The van der Waals surface area contributed by atoms with Crippen LogP contribution in [0.5, 0.6) is 0 Å². The summed E-state index contributed by atoms with van der Waals surface area (Å²) in [7, 11) is 1.80. The minimum Gasteiger partial charge on any atom is -0.383 e. The number of methoxy groups -OCH3 is 1. The highest BCUT2D eigenvalue weighted by Gasteiger charge is 2.45. The highest BCUT2D eigenvalue weighted by molar-refractivity contribution is 5.01. The van der Waals surface area contributed by atoms with Crippen molar-refractivity contribution in [3.8, 4) is 0 Å². The maximum atomic E-state index is 6.22. The molecule has 0 aromatic heterocycles. The van der Waals surface area contributed by atoms with Gasteiger partial charge in [-0.15, -0.1) is 0 Å². The number of nitrogens with zero attached hydrogens (tertiary/aromatic N) is 1. The molecule has 19 heavy (non-hydrogen) atoms. The molecule has 2 saturated carbocycles. The van der Waals surface area contributed by atoms with Gasteiger partial charge in [0.15, 0.2) is 0 Å². The summed E-state index contributed by atoms with van der Waals surface area (Å²) in [4.78, 5) is 2.70. The Bertz CT molecular complexity index is 268. The third-order valence-corrected chi connectivity index (χ3v) is 5.42. The van der Waals surface area contributed by atoms with Crippen molar-refractivity contribution >= 4 is 0 Å². The SMILES string of the molecule is COCCN(C1CC1)C1(CN)CCC(C(C)C)CC1. The summed E-state index contributed by atoms with van der Waals surface area (Å²) < 4.78 is 5.31. The number of ether oxygens (including phenoxy) is 1. The van der Waals surface area contributed by atoms with E-state index in [-0.39, 0.29) is 5.54 Å². The van der Waals surface area contributed by atoms with Gasteiger partial charge in [0.1, 0.15) is 0 Å². The molecule has 112 valence electrons. The summed E-state index contributed by atoms with van der Waals surface area (Å²) in [5, 5.41) is 0. The lowest BCUT2D eigenvalue weighted by Gasteiger charge is -2.48. The van der Waals surface area contributed by atoms with E-state index in [2.05, 4.69) is 18.7 Å². The van der Waals surface area contributed by atoms with E-state index < -0.39 is 0 Å². The van der Waals surface area contributed by atoms with Crippen molar-refractivity contribution in [2.24, 2.45) is 17.6 Å². The van der Waals surface area contributed by atoms with E-state index in [1.165, 1.54) is 38.5 Å². The lowest BCUT2D eigenvalue weighted by atomic mass is 9.72. The molecule has 2 aliphatic rings. The third-order valence-electron chi connectivity index (χ3n) is 5.42. The fourth-order valence-corrected chi connectivity index (χ4v) is 3.84. The Morgan fingerprint density at radius 2 is 1.84 bits per heavy atom. The Kier molecular flexibility index (Phi) is 5.27. The molecule has 0 unspecified atom stereocenters. The van der Waals surface area contributed by atoms with Gasteiger partial charge in [0.2, 0.25) is 0 Å². The van der Waals surface area contributed by atoms with E-state index in [4.69, 9.17) is 10.5 Å². The first-order valence-electron chi connectivity index (χ1n) is 8.08. The number of nitrogens with two attached hydrogens (primary N) is 1. The Morgan fingerprint density at radius 1 is 1.21 bits per heavy atom. The smallest absolute Gasteiger partial charge is 0.0590 e. The molecule has 0 bridgehead atoms. The molecule has 0 spiro atoms. The van der Waals surface area contributed by atoms with Gasteiger partial charge >= 0.3 is 0 Å². The average Bonchev–Trinajstić information content (AvgIpc) is 3.24.